The van der Waals surface area contributed by atoms with Crippen molar-refractivity contribution in [2.45, 2.75) is 0 Å². The average molecular weight is 163 g/mol. The standard InChI is InChI=1S/C3H3NO5.Al.3H/c5-2-9-3(6)1-4(7)8;;;;/h2H,1H2;;;;. The minimum atomic E-state index is -1.16. The number of rotatable bonds is 3. The molecule has 0 aromatic rings. The van der Waals surface area contributed by atoms with Gasteiger partial charge in [-0.25, -0.2) is 4.79 Å². The summed E-state index contributed by atoms with van der Waals surface area (Å²) >= 11 is 0. The molecule has 0 atom stereocenters. The SMILES string of the molecule is O=COC(=O)C[N+](=O)[O-].[AlH3]. The first kappa shape index (κ1) is 11.8. The van der Waals surface area contributed by atoms with Crippen LogP contribution in [0, 0.1) is 10.1 Å². The first-order valence-corrected chi connectivity index (χ1v) is 1.91. The molecular weight excluding hydrogens is 157 g/mol. The largest absolute Gasteiger partial charge is 0.391 e. The zero-order valence-corrected chi connectivity index (χ0v) is 4.27. The van der Waals surface area contributed by atoms with Crippen molar-refractivity contribution in [3.05, 3.63) is 10.1 Å². The average Bonchev–Trinajstić information content (AvgIpc) is 1.63. The lowest BCUT2D eigenvalue weighted by Crippen LogP contribution is -2.15. The topological polar surface area (TPSA) is 86.5 Å². The van der Waals surface area contributed by atoms with Crippen LogP contribution in [-0.4, -0.2) is 41.3 Å². The van der Waals surface area contributed by atoms with E-state index < -0.39 is 17.4 Å². The van der Waals surface area contributed by atoms with Gasteiger partial charge in [0.1, 0.15) is 0 Å². The fourth-order valence-electron chi connectivity index (χ4n) is 0.196. The number of nitro groups is 1. The van der Waals surface area contributed by atoms with Crippen LogP contribution >= 0.6 is 0 Å². The zero-order chi connectivity index (χ0) is 7.28. The van der Waals surface area contributed by atoms with Crippen molar-refractivity contribution >= 4 is 29.8 Å². The highest BCUT2D eigenvalue weighted by molar-refractivity contribution is 5.77. The van der Waals surface area contributed by atoms with Gasteiger partial charge in [-0.2, -0.15) is 0 Å². The summed E-state index contributed by atoms with van der Waals surface area (Å²) in [6, 6.07) is 0. The predicted octanol–water partition coefficient (Wildman–Crippen LogP) is -2.22. The number of hydrogen-bond acceptors (Lipinski definition) is 5. The lowest BCUT2D eigenvalue weighted by Gasteiger charge is -1.87. The number of ether oxygens (including phenoxy) is 1. The van der Waals surface area contributed by atoms with Gasteiger partial charge in [-0.3, -0.25) is 14.9 Å². The number of carbonyl (C=O) groups excluding carboxylic acids is 2. The Labute approximate surface area is 66.4 Å². The summed E-state index contributed by atoms with van der Waals surface area (Å²) in [5.74, 6) is -1.16. The summed E-state index contributed by atoms with van der Waals surface area (Å²) in [6.45, 7) is -1.12. The monoisotopic (exact) mass is 163 g/mol. The van der Waals surface area contributed by atoms with Gasteiger partial charge in [0.25, 0.3) is 6.54 Å². The Morgan fingerprint density at radius 1 is 1.70 bits per heavy atom. The third-order valence-corrected chi connectivity index (χ3v) is 0.438. The van der Waals surface area contributed by atoms with Gasteiger partial charge in [0, 0.05) is 4.92 Å². The van der Waals surface area contributed by atoms with E-state index in [2.05, 4.69) is 4.74 Å². The molecule has 0 amide bonds. The second-order valence-corrected chi connectivity index (χ2v) is 1.08. The van der Waals surface area contributed by atoms with Crippen LogP contribution in [0.25, 0.3) is 0 Å². The maximum atomic E-state index is 9.96. The minimum Gasteiger partial charge on any atom is -0.391 e. The van der Waals surface area contributed by atoms with Gasteiger partial charge in [-0.15, -0.1) is 0 Å². The van der Waals surface area contributed by atoms with Crippen molar-refractivity contribution in [2.24, 2.45) is 0 Å². The molecule has 0 aromatic carbocycles. The minimum absolute atomic E-state index is 0. The van der Waals surface area contributed by atoms with Gasteiger partial charge in [0.2, 0.25) is 0 Å². The van der Waals surface area contributed by atoms with E-state index in [4.69, 9.17) is 0 Å². The molecule has 0 aliphatic rings. The molecule has 56 valence electrons. The lowest BCUT2D eigenvalue weighted by molar-refractivity contribution is -0.469. The molecule has 0 heterocycles. The van der Waals surface area contributed by atoms with Gasteiger partial charge >= 0.3 is 12.4 Å². The van der Waals surface area contributed by atoms with Crippen molar-refractivity contribution in [3.63, 3.8) is 0 Å². The van der Waals surface area contributed by atoms with Crippen LogP contribution in [0.15, 0.2) is 0 Å². The molecule has 0 aliphatic heterocycles. The molecule has 0 aromatic heterocycles. The molecule has 10 heavy (non-hydrogen) atoms. The van der Waals surface area contributed by atoms with Crippen LogP contribution in [0.3, 0.4) is 0 Å². The third-order valence-electron chi connectivity index (χ3n) is 0.438. The van der Waals surface area contributed by atoms with Gasteiger partial charge in [0.05, 0.1) is 0 Å². The van der Waals surface area contributed by atoms with E-state index in [0.29, 0.717) is 0 Å². The molecule has 0 bridgehead atoms. The third kappa shape index (κ3) is 7.07. The van der Waals surface area contributed by atoms with Gasteiger partial charge < -0.3 is 4.74 Å². The van der Waals surface area contributed by atoms with E-state index in [1.807, 2.05) is 0 Å². The van der Waals surface area contributed by atoms with Crippen LogP contribution in [0.1, 0.15) is 0 Å². The Balaban J connectivity index is 0. The highest BCUT2D eigenvalue weighted by Gasteiger charge is 2.08. The predicted molar refractivity (Wildman–Crippen MR) is 34.0 cm³/mol. The fourth-order valence-corrected chi connectivity index (χ4v) is 0.196. The molecule has 0 rings (SSSR count). The number of hydrogen-bond donors (Lipinski definition) is 0. The molecule has 0 saturated heterocycles. The van der Waals surface area contributed by atoms with E-state index in [0.717, 1.165) is 0 Å². The van der Waals surface area contributed by atoms with Crippen molar-refractivity contribution in [2.75, 3.05) is 6.54 Å². The normalized spacial score (nSPS) is 7.20. The summed E-state index contributed by atoms with van der Waals surface area (Å²) < 4.78 is 3.59. The number of nitrogens with zero attached hydrogens (tertiary/aromatic N) is 1. The summed E-state index contributed by atoms with van der Waals surface area (Å²) in [5, 5.41) is 9.47. The van der Waals surface area contributed by atoms with Crippen molar-refractivity contribution in [3.8, 4) is 0 Å². The highest BCUT2D eigenvalue weighted by atomic mass is 27.0. The molecule has 0 fully saturated rings. The van der Waals surface area contributed by atoms with Crippen LogP contribution < -0.4 is 0 Å². The lowest BCUT2D eigenvalue weighted by atomic mass is 10.7. The Morgan fingerprint density at radius 2 is 2.20 bits per heavy atom. The maximum Gasteiger partial charge on any atom is 0.385 e. The first-order valence-electron chi connectivity index (χ1n) is 1.91. The van der Waals surface area contributed by atoms with Crippen LogP contribution in [-0.2, 0) is 14.3 Å². The Bertz CT molecular complexity index is 146. The Morgan fingerprint density at radius 3 is 2.50 bits per heavy atom. The smallest absolute Gasteiger partial charge is 0.385 e. The highest BCUT2D eigenvalue weighted by Crippen LogP contribution is 1.73. The Hall–Kier alpha value is -0.928. The van der Waals surface area contributed by atoms with Gasteiger partial charge in [-0.1, -0.05) is 0 Å². The second-order valence-electron chi connectivity index (χ2n) is 1.08. The summed E-state index contributed by atoms with van der Waals surface area (Å²) in [6.07, 6.45) is 0. The zero-order valence-electron chi connectivity index (χ0n) is 4.27. The fraction of sp³-hybridized carbons (Fsp3) is 0.333. The van der Waals surface area contributed by atoms with E-state index in [-0.39, 0.29) is 23.8 Å². The van der Waals surface area contributed by atoms with Crippen molar-refractivity contribution in [1.29, 1.82) is 0 Å². The van der Waals surface area contributed by atoms with E-state index in [1.54, 1.807) is 0 Å². The number of carbonyl (C=O) groups is 2. The van der Waals surface area contributed by atoms with Crippen molar-refractivity contribution in [1.82, 2.24) is 0 Å². The molecule has 7 heteroatoms. The van der Waals surface area contributed by atoms with Gasteiger partial charge in [0.15, 0.2) is 17.4 Å². The molecule has 0 spiro atoms. The molecule has 0 N–H and O–H groups in total. The molecular formula is C3H6AlNO5. The van der Waals surface area contributed by atoms with E-state index in [9.17, 15) is 19.7 Å². The summed E-state index contributed by atoms with van der Waals surface area (Å²) in [4.78, 5) is 27.9. The van der Waals surface area contributed by atoms with Crippen molar-refractivity contribution < 1.29 is 19.2 Å². The number of esters is 1. The Kier molecular flexibility index (Phi) is 7.32. The van der Waals surface area contributed by atoms with Crippen LogP contribution in [0.4, 0.5) is 0 Å². The molecule has 0 unspecified atom stereocenters. The van der Waals surface area contributed by atoms with E-state index >= 15 is 0 Å². The summed E-state index contributed by atoms with van der Waals surface area (Å²) in [5.41, 5.74) is 0. The van der Waals surface area contributed by atoms with Crippen LogP contribution in [0.5, 0.6) is 0 Å². The van der Waals surface area contributed by atoms with Gasteiger partial charge in [-0.05, 0) is 0 Å². The second kappa shape index (κ2) is 6.20. The first-order chi connectivity index (χ1) is 4.16. The molecule has 0 radical (unpaired) electrons. The maximum absolute atomic E-state index is 9.96. The summed E-state index contributed by atoms with van der Waals surface area (Å²) in [7, 11) is 0. The molecule has 0 saturated carbocycles. The van der Waals surface area contributed by atoms with Crippen LogP contribution in [0.2, 0.25) is 0 Å². The van der Waals surface area contributed by atoms with E-state index in [1.165, 1.54) is 0 Å². The quantitative estimate of drug-likeness (QED) is 0.117. The molecule has 0 aliphatic carbocycles. The molecule has 6 nitrogen and oxygen atoms in total.